The minimum atomic E-state index is -0.00803. The van der Waals surface area contributed by atoms with Gasteiger partial charge in [0.25, 0.3) is 0 Å². The van der Waals surface area contributed by atoms with Gasteiger partial charge in [-0.15, -0.1) is 0 Å². The van der Waals surface area contributed by atoms with E-state index in [2.05, 4.69) is 0 Å². The van der Waals surface area contributed by atoms with Gasteiger partial charge in [-0.05, 0) is 30.7 Å². The lowest BCUT2D eigenvalue weighted by atomic mass is 9.95. The summed E-state index contributed by atoms with van der Waals surface area (Å²) >= 11 is 0. The number of rotatable bonds is 3. The van der Waals surface area contributed by atoms with E-state index in [0.717, 1.165) is 16.2 Å². The van der Waals surface area contributed by atoms with Crippen molar-refractivity contribution in [3.8, 4) is 0 Å². The molecule has 3 nitrogen and oxygen atoms in total. The first-order valence-electron chi connectivity index (χ1n) is 7.03. The molecule has 3 heteroatoms. The van der Waals surface area contributed by atoms with Crippen LogP contribution in [0.15, 0.2) is 34.7 Å². The molecule has 0 saturated heterocycles. The van der Waals surface area contributed by atoms with Crippen molar-refractivity contribution in [1.29, 1.82) is 0 Å². The van der Waals surface area contributed by atoms with Gasteiger partial charge in [0, 0.05) is 17.4 Å². The van der Waals surface area contributed by atoms with E-state index in [-0.39, 0.29) is 11.6 Å². The van der Waals surface area contributed by atoms with Crippen LogP contribution in [-0.2, 0) is 6.42 Å². The van der Waals surface area contributed by atoms with Gasteiger partial charge in [-0.25, -0.2) is 0 Å². The minimum absolute atomic E-state index is 0.00748. The van der Waals surface area contributed by atoms with Gasteiger partial charge in [0.1, 0.15) is 11.3 Å². The summed E-state index contributed by atoms with van der Waals surface area (Å²) in [6.45, 7) is 5.05. The molecule has 0 amide bonds. The van der Waals surface area contributed by atoms with E-state index < -0.39 is 0 Å². The van der Waals surface area contributed by atoms with Crippen LogP contribution < -0.4 is 0 Å². The number of aryl methyl sites for hydroxylation is 1. The Morgan fingerprint density at radius 2 is 1.71 bits per heavy atom. The maximum absolute atomic E-state index is 12.0. The van der Waals surface area contributed by atoms with Gasteiger partial charge in [-0.3, -0.25) is 9.59 Å². The molecule has 0 atom stereocenters. The number of benzene rings is 2. The number of hydrogen-bond acceptors (Lipinski definition) is 3. The van der Waals surface area contributed by atoms with Gasteiger partial charge < -0.3 is 4.42 Å². The lowest BCUT2D eigenvalue weighted by Crippen LogP contribution is -1.97. The molecule has 0 unspecified atom stereocenters. The van der Waals surface area contributed by atoms with Crippen LogP contribution >= 0.6 is 0 Å². The quantitative estimate of drug-likeness (QED) is 0.661. The first kappa shape index (κ1) is 13.6. The molecule has 0 fully saturated rings. The average Bonchev–Trinajstić information content (AvgIpc) is 2.85. The third-order valence-corrected chi connectivity index (χ3v) is 3.82. The molecule has 0 radical (unpaired) electrons. The highest BCUT2D eigenvalue weighted by Crippen LogP contribution is 2.35. The van der Waals surface area contributed by atoms with E-state index >= 15 is 0 Å². The molecule has 0 aliphatic heterocycles. The Morgan fingerprint density at radius 3 is 2.29 bits per heavy atom. The second-order valence-corrected chi connectivity index (χ2v) is 5.21. The van der Waals surface area contributed by atoms with E-state index in [1.165, 1.54) is 0 Å². The van der Waals surface area contributed by atoms with Gasteiger partial charge in [0.15, 0.2) is 11.6 Å². The monoisotopic (exact) mass is 280 g/mol. The number of furan rings is 1. The summed E-state index contributed by atoms with van der Waals surface area (Å²) in [6.07, 6.45) is 0.646. The fraction of sp³-hybridized carbons (Fsp3) is 0.222. The normalized spacial score (nSPS) is 11.2. The van der Waals surface area contributed by atoms with Crippen LogP contribution in [0.2, 0.25) is 0 Å². The zero-order valence-electron chi connectivity index (χ0n) is 12.3. The highest BCUT2D eigenvalue weighted by molar-refractivity contribution is 6.22. The van der Waals surface area contributed by atoms with Crippen molar-refractivity contribution in [2.75, 3.05) is 0 Å². The van der Waals surface area contributed by atoms with Crippen molar-refractivity contribution in [2.45, 2.75) is 27.2 Å². The molecule has 106 valence electrons. The van der Waals surface area contributed by atoms with Crippen LogP contribution in [0.4, 0.5) is 0 Å². The van der Waals surface area contributed by atoms with Crippen LogP contribution in [0.3, 0.4) is 0 Å². The molecule has 1 heterocycles. The zero-order valence-corrected chi connectivity index (χ0v) is 12.3. The van der Waals surface area contributed by atoms with Crippen molar-refractivity contribution < 1.29 is 14.0 Å². The summed E-state index contributed by atoms with van der Waals surface area (Å²) in [6, 6.07) is 9.41. The van der Waals surface area contributed by atoms with Crippen molar-refractivity contribution in [3.63, 3.8) is 0 Å². The van der Waals surface area contributed by atoms with Crippen molar-refractivity contribution in [3.05, 3.63) is 47.2 Å². The number of fused-ring (bicyclic) bond motifs is 3. The Labute approximate surface area is 122 Å². The summed E-state index contributed by atoms with van der Waals surface area (Å²) in [7, 11) is 0. The third kappa shape index (κ3) is 1.97. The maximum Gasteiger partial charge on any atom is 0.163 e. The Bertz CT molecular complexity index is 884. The summed E-state index contributed by atoms with van der Waals surface area (Å²) < 4.78 is 5.84. The molecule has 3 aromatic rings. The van der Waals surface area contributed by atoms with Crippen molar-refractivity contribution >= 4 is 33.3 Å². The molecular formula is C18H16O3. The van der Waals surface area contributed by atoms with Gasteiger partial charge in [-0.1, -0.05) is 31.2 Å². The molecule has 0 aliphatic carbocycles. The second-order valence-electron chi connectivity index (χ2n) is 5.21. The average molecular weight is 280 g/mol. The predicted molar refractivity (Wildman–Crippen MR) is 83.1 cm³/mol. The standard InChI is InChI=1S/C18H16O3/c1-4-15-17(11(3)20)18-13-8-6-5-7-12(13)14(10(2)19)9-16(18)21-15/h5-9H,4H2,1-3H3. The fourth-order valence-corrected chi connectivity index (χ4v) is 2.92. The lowest BCUT2D eigenvalue weighted by molar-refractivity contribution is 0.100. The molecular weight excluding hydrogens is 264 g/mol. The summed E-state index contributed by atoms with van der Waals surface area (Å²) in [5, 5.41) is 2.58. The summed E-state index contributed by atoms with van der Waals surface area (Å²) in [5.41, 5.74) is 1.88. The number of Topliss-reactive ketones (excluding diaryl/α,β-unsaturated/α-hetero) is 2. The van der Waals surface area contributed by atoms with Gasteiger partial charge >= 0.3 is 0 Å². The molecule has 0 bridgehead atoms. The summed E-state index contributed by atoms with van der Waals surface area (Å²) in [4.78, 5) is 23.9. The van der Waals surface area contributed by atoms with Gasteiger partial charge in [0.05, 0.1) is 5.56 Å². The smallest absolute Gasteiger partial charge is 0.163 e. The molecule has 0 N–H and O–H groups in total. The van der Waals surface area contributed by atoms with E-state index in [4.69, 9.17) is 4.42 Å². The first-order valence-corrected chi connectivity index (χ1v) is 7.03. The van der Waals surface area contributed by atoms with Crippen LogP contribution in [0, 0.1) is 0 Å². The number of hydrogen-bond donors (Lipinski definition) is 0. The molecule has 1 aromatic heterocycles. The van der Waals surface area contributed by atoms with Gasteiger partial charge in [0.2, 0.25) is 0 Å². The molecule has 0 spiro atoms. The highest BCUT2D eigenvalue weighted by atomic mass is 16.3. The van der Waals surface area contributed by atoms with Gasteiger partial charge in [-0.2, -0.15) is 0 Å². The third-order valence-electron chi connectivity index (χ3n) is 3.82. The highest BCUT2D eigenvalue weighted by Gasteiger charge is 2.21. The zero-order chi connectivity index (χ0) is 15.1. The molecule has 3 rings (SSSR count). The first-order chi connectivity index (χ1) is 10.0. The van der Waals surface area contributed by atoms with Crippen LogP contribution in [-0.4, -0.2) is 11.6 Å². The van der Waals surface area contributed by atoms with E-state index in [1.807, 2.05) is 31.2 Å². The second kappa shape index (κ2) is 4.85. The Kier molecular flexibility index (Phi) is 3.13. The van der Waals surface area contributed by atoms with Crippen molar-refractivity contribution in [1.82, 2.24) is 0 Å². The minimum Gasteiger partial charge on any atom is -0.460 e. The maximum atomic E-state index is 12.0. The van der Waals surface area contributed by atoms with Crippen LogP contribution in [0.5, 0.6) is 0 Å². The van der Waals surface area contributed by atoms with E-state index in [0.29, 0.717) is 28.9 Å². The Morgan fingerprint density at radius 1 is 1.05 bits per heavy atom. The summed E-state index contributed by atoms with van der Waals surface area (Å²) in [5.74, 6) is 0.668. The molecule has 0 saturated carbocycles. The Balaban J connectivity index is 2.58. The van der Waals surface area contributed by atoms with E-state index in [9.17, 15) is 9.59 Å². The van der Waals surface area contributed by atoms with Crippen LogP contribution in [0.25, 0.3) is 21.7 Å². The number of carbonyl (C=O) groups excluding carboxylic acids is 2. The topological polar surface area (TPSA) is 47.3 Å². The fourth-order valence-electron chi connectivity index (χ4n) is 2.92. The molecule has 21 heavy (non-hydrogen) atoms. The Hall–Kier alpha value is -2.42. The SMILES string of the molecule is CCc1oc2cc(C(C)=O)c3ccccc3c2c1C(C)=O. The van der Waals surface area contributed by atoms with Crippen LogP contribution in [0.1, 0.15) is 47.2 Å². The van der Waals surface area contributed by atoms with Crippen molar-refractivity contribution in [2.24, 2.45) is 0 Å². The number of carbonyl (C=O) groups is 2. The molecule has 2 aromatic carbocycles. The largest absolute Gasteiger partial charge is 0.460 e. The number of ketones is 2. The van der Waals surface area contributed by atoms with E-state index in [1.54, 1.807) is 19.9 Å². The lowest BCUT2D eigenvalue weighted by Gasteiger charge is -2.05. The predicted octanol–water partition coefficient (Wildman–Crippen LogP) is 4.55. The molecule has 0 aliphatic rings.